The fraction of sp³-hybridized carbons (Fsp3) is 0.455. The zero-order valence-electron chi connectivity index (χ0n) is 16.6. The number of amides is 1. The standard InChI is InChI=1S/C22H29N3O3/c1-3-27-21-13-18(22(26)25-12-4-5-16(2)19(25)14-23)6-7-20(21)28-15-17-8-10-24-11-9-17/h6-11,13,16,19H,3-5,12,14-15,23H2,1-2H3/t16-,19-/m0/s1. The molecule has 1 aromatic carbocycles. The summed E-state index contributed by atoms with van der Waals surface area (Å²) in [4.78, 5) is 19.1. The topological polar surface area (TPSA) is 77.7 Å². The molecule has 2 aromatic rings. The number of carbonyl (C=O) groups excluding carboxylic acids is 1. The largest absolute Gasteiger partial charge is 0.490 e. The van der Waals surface area contributed by atoms with Crippen molar-refractivity contribution in [2.75, 3.05) is 19.7 Å². The molecule has 1 aromatic heterocycles. The maximum Gasteiger partial charge on any atom is 0.254 e. The van der Waals surface area contributed by atoms with Gasteiger partial charge < -0.3 is 20.1 Å². The number of piperidine rings is 1. The summed E-state index contributed by atoms with van der Waals surface area (Å²) >= 11 is 0. The summed E-state index contributed by atoms with van der Waals surface area (Å²) in [5.41, 5.74) is 7.58. The van der Waals surface area contributed by atoms with Crippen LogP contribution < -0.4 is 15.2 Å². The lowest BCUT2D eigenvalue weighted by molar-refractivity contribution is 0.0532. The number of pyridine rings is 1. The molecule has 2 atom stereocenters. The number of aromatic nitrogens is 1. The van der Waals surface area contributed by atoms with Crippen molar-refractivity contribution in [1.29, 1.82) is 0 Å². The Bertz CT molecular complexity index is 782. The van der Waals surface area contributed by atoms with Crippen LogP contribution >= 0.6 is 0 Å². The van der Waals surface area contributed by atoms with Gasteiger partial charge in [0.2, 0.25) is 0 Å². The van der Waals surface area contributed by atoms with E-state index in [1.807, 2.05) is 30.0 Å². The monoisotopic (exact) mass is 383 g/mol. The Morgan fingerprint density at radius 3 is 2.71 bits per heavy atom. The Morgan fingerprint density at radius 2 is 2.00 bits per heavy atom. The van der Waals surface area contributed by atoms with E-state index in [0.29, 0.717) is 42.7 Å². The zero-order chi connectivity index (χ0) is 19.9. The van der Waals surface area contributed by atoms with Crippen LogP contribution in [0.4, 0.5) is 0 Å². The molecule has 2 N–H and O–H groups in total. The van der Waals surface area contributed by atoms with Gasteiger partial charge in [-0.1, -0.05) is 6.92 Å². The number of hydrogen-bond acceptors (Lipinski definition) is 5. The molecule has 6 heteroatoms. The number of rotatable bonds is 7. The van der Waals surface area contributed by atoms with Gasteiger partial charge in [0.25, 0.3) is 5.91 Å². The number of benzene rings is 1. The summed E-state index contributed by atoms with van der Waals surface area (Å²) in [5.74, 6) is 1.62. The minimum atomic E-state index is 0.00337. The minimum absolute atomic E-state index is 0.00337. The van der Waals surface area contributed by atoms with E-state index in [2.05, 4.69) is 11.9 Å². The van der Waals surface area contributed by atoms with E-state index in [0.717, 1.165) is 24.9 Å². The third-order valence-corrected chi connectivity index (χ3v) is 5.25. The summed E-state index contributed by atoms with van der Waals surface area (Å²) in [7, 11) is 0. The molecule has 1 amide bonds. The fourth-order valence-corrected chi connectivity index (χ4v) is 3.70. The summed E-state index contributed by atoms with van der Waals surface area (Å²) in [6.07, 6.45) is 5.58. The van der Waals surface area contributed by atoms with E-state index in [1.165, 1.54) is 0 Å². The van der Waals surface area contributed by atoms with Crippen molar-refractivity contribution in [3.05, 3.63) is 53.9 Å². The van der Waals surface area contributed by atoms with Gasteiger partial charge in [0.1, 0.15) is 6.61 Å². The maximum absolute atomic E-state index is 13.1. The Balaban J connectivity index is 1.78. The molecule has 1 saturated heterocycles. The molecule has 3 rings (SSSR count). The Kier molecular flexibility index (Phi) is 6.87. The first-order valence-corrected chi connectivity index (χ1v) is 9.93. The van der Waals surface area contributed by atoms with Gasteiger partial charge in [-0.15, -0.1) is 0 Å². The van der Waals surface area contributed by atoms with Gasteiger partial charge in [0.05, 0.1) is 6.61 Å². The Morgan fingerprint density at radius 1 is 1.21 bits per heavy atom. The zero-order valence-corrected chi connectivity index (χ0v) is 16.6. The van der Waals surface area contributed by atoms with E-state index in [9.17, 15) is 4.79 Å². The van der Waals surface area contributed by atoms with Crippen LogP contribution in [-0.4, -0.2) is 41.5 Å². The highest BCUT2D eigenvalue weighted by Gasteiger charge is 2.31. The Hall–Kier alpha value is -2.60. The van der Waals surface area contributed by atoms with Crippen molar-refractivity contribution < 1.29 is 14.3 Å². The molecule has 0 saturated carbocycles. The summed E-state index contributed by atoms with van der Waals surface area (Å²) < 4.78 is 11.7. The van der Waals surface area contributed by atoms with Crippen LogP contribution in [0, 0.1) is 5.92 Å². The SMILES string of the molecule is CCOc1cc(C(=O)N2CCC[C@H](C)[C@@H]2CN)ccc1OCc1ccncc1. The van der Waals surface area contributed by atoms with Crippen LogP contribution in [0.25, 0.3) is 0 Å². The first kappa shape index (κ1) is 20.1. The van der Waals surface area contributed by atoms with E-state index < -0.39 is 0 Å². The van der Waals surface area contributed by atoms with Crippen LogP contribution in [0.1, 0.15) is 42.6 Å². The predicted molar refractivity (Wildman–Crippen MR) is 108 cm³/mol. The molecule has 0 spiro atoms. The smallest absolute Gasteiger partial charge is 0.254 e. The van der Waals surface area contributed by atoms with Gasteiger partial charge in [0, 0.05) is 37.1 Å². The third kappa shape index (κ3) is 4.62. The quantitative estimate of drug-likeness (QED) is 0.794. The molecule has 0 bridgehead atoms. The van der Waals surface area contributed by atoms with Crippen LogP contribution in [0.5, 0.6) is 11.5 Å². The number of nitrogens with two attached hydrogens (primary N) is 1. The van der Waals surface area contributed by atoms with Gasteiger partial charge in [-0.05, 0) is 61.6 Å². The van der Waals surface area contributed by atoms with Gasteiger partial charge in [-0.3, -0.25) is 9.78 Å². The lowest BCUT2D eigenvalue weighted by Gasteiger charge is -2.39. The highest BCUT2D eigenvalue weighted by Crippen LogP contribution is 2.31. The second kappa shape index (κ2) is 9.55. The molecule has 0 aliphatic carbocycles. The molecule has 2 heterocycles. The Labute approximate surface area is 166 Å². The van der Waals surface area contributed by atoms with Gasteiger partial charge in [-0.25, -0.2) is 0 Å². The fourth-order valence-electron chi connectivity index (χ4n) is 3.70. The van der Waals surface area contributed by atoms with Crippen molar-refractivity contribution >= 4 is 5.91 Å². The van der Waals surface area contributed by atoms with Crippen LogP contribution in [0.15, 0.2) is 42.7 Å². The molecular weight excluding hydrogens is 354 g/mol. The normalized spacial score (nSPS) is 19.3. The highest BCUT2D eigenvalue weighted by atomic mass is 16.5. The van der Waals surface area contributed by atoms with Crippen LogP contribution in [0.3, 0.4) is 0 Å². The number of carbonyl (C=O) groups is 1. The number of nitrogens with zero attached hydrogens (tertiary/aromatic N) is 2. The first-order valence-electron chi connectivity index (χ1n) is 9.93. The van der Waals surface area contributed by atoms with Crippen molar-refractivity contribution in [2.45, 2.75) is 39.3 Å². The molecule has 6 nitrogen and oxygen atoms in total. The van der Waals surface area contributed by atoms with E-state index >= 15 is 0 Å². The molecular formula is C22H29N3O3. The predicted octanol–water partition coefficient (Wildman–Crippen LogP) is 3.26. The second-order valence-corrected chi connectivity index (χ2v) is 7.16. The summed E-state index contributed by atoms with van der Waals surface area (Å²) in [6, 6.07) is 9.29. The molecule has 150 valence electrons. The highest BCUT2D eigenvalue weighted by molar-refractivity contribution is 5.95. The average Bonchev–Trinajstić information content (AvgIpc) is 2.73. The molecule has 1 aliphatic rings. The summed E-state index contributed by atoms with van der Waals surface area (Å²) in [5, 5.41) is 0. The second-order valence-electron chi connectivity index (χ2n) is 7.16. The van der Waals surface area contributed by atoms with Gasteiger partial charge >= 0.3 is 0 Å². The molecule has 1 aliphatic heterocycles. The van der Waals surface area contributed by atoms with Crippen molar-refractivity contribution in [2.24, 2.45) is 11.7 Å². The van der Waals surface area contributed by atoms with E-state index in [4.69, 9.17) is 15.2 Å². The molecule has 1 fully saturated rings. The number of ether oxygens (including phenoxy) is 2. The number of likely N-dealkylation sites (tertiary alicyclic amines) is 1. The summed E-state index contributed by atoms with van der Waals surface area (Å²) in [6.45, 7) is 6.22. The first-order chi connectivity index (χ1) is 13.6. The molecule has 28 heavy (non-hydrogen) atoms. The van der Waals surface area contributed by atoms with E-state index in [1.54, 1.807) is 24.5 Å². The van der Waals surface area contributed by atoms with Crippen molar-refractivity contribution in [3.8, 4) is 11.5 Å². The number of hydrogen-bond donors (Lipinski definition) is 1. The van der Waals surface area contributed by atoms with Crippen molar-refractivity contribution in [1.82, 2.24) is 9.88 Å². The minimum Gasteiger partial charge on any atom is -0.490 e. The third-order valence-electron chi connectivity index (χ3n) is 5.25. The maximum atomic E-state index is 13.1. The molecule has 0 radical (unpaired) electrons. The van der Waals surface area contributed by atoms with E-state index in [-0.39, 0.29) is 11.9 Å². The lowest BCUT2D eigenvalue weighted by atomic mass is 9.90. The molecule has 0 unspecified atom stereocenters. The van der Waals surface area contributed by atoms with Gasteiger partial charge in [0.15, 0.2) is 11.5 Å². The van der Waals surface area contributed by atoms with Crippen LogP contribution in [0.2, 0.25) is 0 Å². The average molecular weight is 383 g/mol. The lowest BCUT2D eigenvalue weighted by Crippen LogP contribution is -2.51. The van der Waals surface area contributed by atoms with Crippen molar-refractivity contribution in [3.63, 3.8) is 0 Å². The van der Waals surface area contributed by atoms with Gasteiger partial charge in [-0.2, -0.15) is 0 Å². The van der Waals surface area contributed by atoms with Crippen LogP contribution in [-0.2, 0) is 6.61 Å².